The molecule has 4 nitrogen and oxygen atoms in total. The lowest BCUT2D eigenvalue weighted by molar-refractivity contribution is -0.119. The smallest absolute Gasteiger partial charge is 0.240 e. The summed E-state index contributed by atoms with van der Waals surface area (Å²) in [4.78, 5) is 12.0. The molecule has 0 saturated carbocycles. The van der Waals surface area contributed by atoms with Gasteiger partial charge < -0.3 is 0 Å². The van der Waals surface area contributed by atoms with E-state index in [4.69, 9.17) is 0 Å². The quantitative estimate of drug-likeness (QED) is 0.836. The maximum atomic E-state index is 12.2. The van der Waals surface area contributed by atoms with Gasteiger partial charge in [0.25, 0.3) is 0 Å². The third-order valence-corrected chi connectivity index (χ3v) is 4.58. The molecule has 0 aliphatic rings. The highest BCUT2D eigenvalue weighted by molar-refractivity contribution is 7.89. The SMILES string of the molecule is CCCNS(=O)(=O)c1ccccc1C(C)C(=O)CC. The van der Waals surface area contributed by atoms with Crippen LogP contribution in [0.15, 0.2) is 29.2 Å². The van der Waals surface area contributed by atoms with Crippen LogP contribution in [-0.2, 0) is 14.8 Å². The fourth-order valence-electron chi connectivity index (χ4n) is 1.88. The summed E-state index contributed by atoms with van der Waals surface area (Å²) in [6.45, 7) is 5.83. The van der Waals surface area contributed by atoms with Crippen LogP contribution in [-0.4, -0.2) is 20.7 Å². The predicted molar refractivity (Wildman–Crippen MR) is 75.6 cm³/mol. The van der Waals surface area contributed by atoms with Gasteiger partial charge in [-0.15, -0.1) is 0 Å². The van der Waals surface area contributed by atoms with E-state index in [0.717, 1.165) is 6.42 Å². The van der Waals surface area contributed by atoms with Gasteiger partial charge in [0, 0.05) is 18.9 Å². The average Bonchev–Trinajstić information content (AvgIpc) is 2.43. The van der Waals surface area contributed by atoms with Gasteiger partial charge in [0.05, 0.1) is 4.90 Å². The minimum atomic E-state index is -3.54. The summed E-state index contributed by atoms with van der Waals surface area (Å²) < 4.78 is 26.9. The lowest BCUT2D eigenvalue weighted by Crippen LogP contribution is -2.26. The van der Waals surface area contributed by atoms with Crippen molar-refractivity contribution in [3.8, 4) is 0 Å². The first-order valence-corrected chi connectivity index (χ1v) is 8.03. The summed E-state index contributed by atoms with van der Waals surface area (Å²) >= 11 is 0. The summed E-state index contributed by atoms with van der Waals surface area (Å²) in [5.41, 5.74) is 0.568. The van der Waals surface area contributed by atoms with Crippen LogP contribution in [0, 0.1) is 0 Å². The number of sulfonamides is 1. The molecule has 0 spiro atoms. The summed E-state index contributed by atoms with van der Waals surface area (Å²) in [7, 11) is -3.54. The van der Waals surface area contributed by atoms with Gasteiger partial charge in [0.2, 0.25) is 10.0 Å². The Balaban J connectivity index is 3.19. The van der Waals surface area contributed by atoms with Gasteiger partial charge in [-0.25, -0.2) is 13.1 Å². The molecule has 1 aromatic carbocycles. The molecule has 1 rings (SSSR count). The molecule has 1 atom stereocenters. The van der Waals surface area contributed by atoms with Crippen molar-refractivity contribution in [1.82, 2.24) is 4.72 Å². The number of carbonyl (C=O) groups excluding carboxylic acids is 1. The number of hydrogen-bond donors (Lipinski definition) is 1. The van der Waals surface area contributed by atoms with Crippen LogP contribution < -0.4 is 4.72 Å². The fourth-order valence-corrected chi connectivity index (χ4v) is 3.32. The van der Waals surface area contributed by atoms with Crippen molar-refractivity contribution in [3.05, 3.63) is 29.8 Å². The van der Waals surface area contributed by atoms with E-state index in [0.29, 0.717) is 18.5 Å². The Labute approximate surface area is 115 Å². The first kappa shape index (κ1) is 15.9. The zero-order valence-electron chi connectivity index (χ0n) is 11.6. The van der Waals surface area contributed by atoms with Crippen LogP contribution in [0.2, 0.25) is 0 Å². The molecule has 0 aliphatic carbocycles. The van der Waals surface area contributed by atoms with Crippen LogP contribution in [0.5, 0.6) is 0 Å². The van der Waals surface area contributed by atoms with E-state index < -0.39 is 15.9 Å². The van der Waals surface area contributed by atoms with E-state index in [9.17, 15) is 13.2 Å². The van der Waals surface area contributed by atoms with Crippen LogP contribution in [0.4, 0.5) is 0 Å². The molecule has 1 unspecified atom stereocenters. The van der Waals surface area contributed by atoms with Gasteiger partial charge in [-0.2, -0.15) is 0 Å². The van der Waals surface area contributed by atoms with E-state index >= 15 is 0 Å². The molecule has 19 heavy (non-hydrogen) atoms. The molecule has 0 aromatic heterocycles. The van der Waals surface area contributed by atoms with Crippen molar-refractivity contribution in [3.63, 3.8) is 0 Å². The van der Waals surface area contributed by atoms with Gasteiger partial charge >= 0.3 is 0 Å². The standard InChI is InChI=1S/C14H21NO3S/c1-4-10-15-19(17,18)14-9-7-6-8-12(14)11(3)13(16)5-2/h6-9,11,15H,4-5,10H2,1-3H3. The van der Waals surface area contributed by atoms with Crippen LogP contribution >= 0.6 is 0 Å². The molecule has 0 fully saturated rings. The highest BCUT2D eigenvalue weighted by Gasteiger charge is 2.23. The molecule has 1 N–H and O–H groups in total. The van der Waals surface area contributed by atoms with Crippen molar-refractivity contribution in [2.45, 2.75) is 44.4 Å². The number of hydrogen-bond acceptors (Lipinski definition) is 3. The number of carbonyl (C=O) groups is 1. The van der Waals surface area contributed by atoms with E-state index in [2.05, 4.69) is 4.72 Å². The third kappa shape index (κ3) is 3.88. The lowest BCUT2D eigenvalue weighted by Gasteiger charge is -2.15. The maximum absolute atomic E-state index is 12.2. The maximum Gasteiger partial charge on any atom is 0.240 e. The van der Waals surface area contributed by atoms with Gasteiger partial charge in [-0.05, 0) is 18.1 Å². The number of nitrogens with one attached hydrogen (secondary N) is 1. The van der Waals surface area contributed by atoms with Crippen molar-refractivity contribution >= 4 is 15.8 Å². The summed E-state index contributed by atoms with van der Waals surface area (Å²) in [5, 5.41) is 0. The van der Waals surface area contributed by atoms with Gasteiger partial charge in [0.15, 0.2) is 0 Å². The Hall–Kier alpha value is -1.20. The first-order valence-electron chi connectivity index (χ1n) is 6.55. The molecule has 106 valence electrons. The largest absolute Gasteiger partial charge is 0.299 e. The molecule has 0 amide bonds. The fraction of sp³-hybridized carbons (Fsp3) is 0.500. The van der Waals surface area contributed by atoms with Crippen molar-refractivity contribution in [2.75, 3.05) is 6.54 Å². The highest BCUT2D eigenvalue weighted by atomic mass is 32.2. The molecule has 0 radical (unpaired) electrons. The lowest BCUT2D eigenvalue weighted by atomic mass is 9.95. The van der Waals surface area contributed by atoms with E-state index in [1.165, 1.54) is 0 Å². The Morgan fingerprint density at radius 3 is 2.47 bits per heavy atom. The normalized spacial score (nSPS) is 13.2. The minimum Gasteiger partial charge on any atom is -0.299 e. The molecular formula is C14H21NO3S. The topological polar surface area (TPSA) is 63.2 Å². The van der Waals surface area contributed by atoms with Crippen molar-refractivity contribution < 1.29 is 13.2 Å². The van der Waals surface area contributed by atoms with Crippen LogP contribution in [0.25, 0.3) is 0 Å². The first-order chi connectivity index (χ1) is 8.94. The summed E-state index contributed by atoms with van der Waals surface area (Å²) in [6, 6.07) is 6.69. The zero-order chi connectivity index (χ0) is 14.5. The second-order valence-electron chi connectivity index (χ2n) is 4.48. The molecular weight excluding hydrogens is 262 g/mol. The molecule has 0 saturated heterocycles. The van der Waals surface area contributed by atoms with Gasteiger partial charge in [-0.3, -0.25) is 4.79 Å². The Kier molecular flexibility index (Phi) is 5.69. The van der Waals surface area contributed by atoms with Crippen molar-refractivity contribution in [2.24, 2.45) is 0 Å². The van der Waals surface area contributed by atoms with Gasteiger partial charge in [0.1, 0.15) is 5.78 Å². The second-order valence-corrected chi connectivity index (χ2v) is 6.21. The molecule has 0 aliphatic heterocycles. The Bertz CT molecular complexity index is 537. The minimum absolute atomic E-state index is 0.0399. The van der Waals surface area contributed by atoms with Gasteiger partial charge in [-0.1, -0.05) is 39.0 Å². The third-order valence-electron chi connectivity index (χ3n) is 3.05. The van der Waals surface area contributed by atoms with Crippen LogP contribution in [0.3, 0.4) is 0 Å². The number of Topliss-reactive ketones (excluding diaryl/α,β-unsaturated/α-hetero) is 1. The van der Waals surface area contributed by atoms with E-state index in [1.807, 2.05) is 6.92 Å². The van der Waals surface area contributed by atoms with Crippen LogP contribution in [0.1, 0.15) is 45.1 Å². The number of benzene rings is 1. The van der Waals surface area contributed by atoms with E-state index in [1.54, 1.807) is 38.1 Å². The summed E-state index contributed by atoms with van der Waals surface area (Å²) in [6.07, 6.45) is 1.13. The predicted octanol–water partition coefficient (Wildman–Crippen LogP) is 2.46. The molecule has 5 heteroatoms. The highest BCUT2D eigenvalue weighted by Crippen LogP contribution is 2.25. The molecule has 0 heterocycles. The molecule has 0 bridgehead atoms. The Morgan fingerprint density at radius 1 is 1.26 bits per heavy atom. The number of rotatable bonds is 7. The molecule has 1 aromatic rings. The number of ketones is 1. The second kappa shape index (κ2) is 6.82. The zero-order valence-corrected chi connectivity index (χ0v) is 12.5. The van der Waals surface area contributed by atoms with Crippen molar-refractivity contribution in [1.29, 1.82) is 0 Å². The van der Waals surface area contributed by atoms with E-state index in [-0.39, 0.29) is 10.7 Å². The average molecular weight is 283 g/mol. The monoisotopic (exact) mass is 283 g/mol. The summed E-state index contributed by atoms with van der Waals surface area (Å²) in [5.74, 6) is -0.363. The Morgan fingerprint density at radius 2 is 1.89 bits per heavy atom.